The zero-order valence-electron chi connectivity index (χ0n) is 18.5. The molecule has 0 fully saturated rings. The highest BCUT2D eigenvalue weighted by atomic mass is 32.2. The second kappa shape index (κ2) is 9.10. The molecule has 0 spiro atoms. The van der Waals surface area contributed by atoms with E-state index in [0.717, 1.165) is 6.07 Å². The maximum absolute atomic E-state index is 13.4. The average molecular weight is 486 g/mol. The van der Waals surface area contributed by atoms with Crippen LogP contribution in [0.25, 0.3) is 22.0 Å². The molecule has 3 aromatic carbocycles. The van der Waals surface area contributed by atoms with Gasteiger partial charge in [0.25, 0.3) is 0 Å². The van der Waals surface area contributed by atoms with Crippen molar-refractivity contribution >= 4 is 20.7 Å². The Hall–Kier alpha value is -3.39. The minimum Gasteiger partial charge on any atom is -0.457 e. The van der Waals surface area contributed by atoms with E-state index in [1.807, 2.05) is 13.8 Å². The summed E-state index contributed by atoms with van der Waals surface area (Å²) in [5, 5.41) is 0.384. The third-order valence-corrected chi connectivity index (χ3v) is 7.29. The Morgan fingerprint density at radius 3 is 2.29 bits per heavy atom. The molecule has 0 amide bonds. The van der Waals surface area contributed by atoms with Gasteiger partial charge in [-0.2, -0.15) is 13.2 Å². The molecule has 176 valence electrons. The summed E-state index contributed by atoms with van der Waals surface area (Å²) in [7, 11) is -3.37. The number of halogens is 3. The molecule has 8 heteroatoms. The van der Waals surface area contributed by atoms with E-state index in [0.29, 0.717) is 28.0 Å². The fourth-order valence-electron chi connectivity index (χ4n) is 3.77. The number of nitrogens with zero attached hydrogens (tertiary/aromatic N) is 1. The van der Waals surface area contributed by atoms with Gasteiger partial charge in [0, 0.05) is 11.6 Å². The predicted octanol–water partition coefficient (Wildman–Crippen LogP) is 7.14. The van der Waals surface area contributed by atoms with Crippen molar-refractivity contribution in [2.75, 3.05) is 5.75 Å². The number of sulfone groups is 1. The molecule has 4 rings (SSSR count). The van der Waals surface area contributed by atoms with Crippen molar-refractivity contribution < 1.29 is 26.3 Å². The first-order valence-electron chi connectivity index (χ1n) is 10.6. The van der Waals surface area contributed by atoms with Crippen LogP contribution in [0.2, 0.25) is 0 Å². The first-order valence-corrected chi connectivity index (χ1v) is 12.3. The lowest BCUT2D eigenvalue weighted by Gasteiger charge is -2.13. The van der Waals surface area contributed by atoms with Gasteiger partial charge >= 0.3 is 6.18 Å². The molecule has 0 aliphatic rings. The Labute approximate surface area is 196 Å². The van der Waals surface area contributed by atoms with E-state index >= 15 is 0 Å². The Balaban J connectivity index is 1.64. The number of fused-ring (bicyclic) bond motifs is 1. The summed E-state index contributed by atoms with van der Waals surface area (Å²) in [4.78, 5) is 4.20. The number of rotatable bonds is 6. The van der Waals surface area contributed by atoms with E-state index in [1.54, 1.807) is 48.5 Å². The molecule has 0 saturated carbocycles. The van der Waals surface area contributed by atoms with Crippen LogP contribution in [0.1, 0.15) is 19.4 Å². The third kappa shape index (κ3) is 5.07. The topological polar surface area (TPSA) is 56.3 Å². The SMILES string of the molecule is CC(C)CS(=O)(=O)c1ccc(Oc2cccc(-c3ccnc4c(C(F)(F)F)cccc34)c2)cc1. The second-order valence-corrected chi connectivity index (χ2v) is 10.4. The van der Waals surface area contributed by atoms with E-state index in [9.17, 15) is 21.6 Å². The highest BCUT2D eigenvalue weighted by Crippen LogP contribution is 2.37. The lowest BCUT2D eigenvalue weighted by molar-refractivity contribution is -0.136. The van der Waals surface area contributed by atoms with Crippen LogP contribution in [0.5, 0.6) is 11.5 Å². The molecule has 0 radical (unpaired) electrons. The molecule has 0 N–H and O–H groups in total. The molecule has 4 nitrogen and oxygen atoms in total. The summed E-state index contributed by atoms with van der Waals surface area (Å²) >= 11 is 0. The average Bonchev–Trinajstić information content (AvgIpc) is 2.77. The molecule has 0 aliphatic carbocycles. The Morgan fingerprint density at radius 1 is 0.912 bits per heavy atom. The number of benzene rings is 3. The van der Waals surface area contributed by atoms with Gasteiger partial charge < -0.3 is 4.74 Å². The molecule has 0 aliphatic heterocycles. The van der Waals surface area contributed by atoms with Crippen LogP contribution in [0.3, 0.4) is 0 Å². The van der Waals surface area contributed by atoms with Gasteiger partial charge in [0.05, 0.1) is 21.7 Å². The first-order chi connectivity index (χ1) is 16.0. The Morgan fingerprint density at radius 2 is 1.62 bits per heavy atom. The number of aromatic nitrogens is 1. The molecule has 0 unspecified atom stereocenters. The number of pyridine rings is 1. The van der Waals surface area contributed by atoms with Crippen molar-refractivity contribution in [1.29, 1.82) is 0 Å². The summed E-state index contributed by atoms with van der Waals surface area (Å²) in [6.07, 6.45) is -3.15. The van der Waals surface area contributed by atoms with Gasteiger partial charge in [-0.3, -0.25) is 4.98 Å². The van der Waals surface area contributed by atoms with Gasteiger partial charge in [-0.1, -0.05) is 38.1 Å². The molecular formula is C26H22F3NO3S. The lowest BCUT2D eigenvalue weighted by atomic mass is 9.99. The summed E-state index contributed by atoms with van der Waals surface area (Å²) in [5.74, 6) is 0.984. The van der Waals surface area contributed by atoms with Gasteiger partial charge in [-0.25, -0.2) is 8.42 Å². The highest BCUT2D eigenvalue weighted by molar-refractivity contribution is 7.91. The van der Waals surface area contributed by atoms with E-state index < -0.39 is 21.6 Å². The van der Waals surface area contributed by atoms with Crippen molar-refractivity contribution in [1.82, 2.24) is 4.98 Å². The fourth-order valence-corrected chi connectivity index (χ4v) is 5.39. The van der Waals surface area contributed by atoms with Crippen molar-refractivity contribution in [3.8, 4) is 22.6 Å². The summed E-state index contributed by atoms with van der Waals surface area (Å²) in [6.45, 7) is 3.69. The standard InChI is InChI=1S/C26H22F3NO3S/c1-17(2)16-34(31,32)21-11-9-19(10-12-21)33-20-6-3-5-18(15-20)22-13-14-30-25-23(22)7-4-8-24(25)26(27,28)29/h3-15,17H,16H2,1-2H3. The van der Waals surface area contributed by atoms with E-state index in [-0.39, 0.29) is 22.1 Å². The zero-order chi connectivity index (χ0) is 24.5. The Kier molecular flexibility index (Phi) is 6.36. The molecule has 4 aromatic rings. The van der Waals surface area contributed by atoms with Crippen LogP contribution in [0.15, 0.2) is 83.9 Å². The maximum Gasteiger partial charge on any atom is 0.418 e. The van der Waals surface area contributed by atoms with Crippen molar-refractivity contribution in [3.05, 3.63) is 84.6 Å². The number of hydrogen-bond donors (Lipinski definition) is 0. The number of hydrogen-bond acceptors (Lipinski definition) is 4. The van der Waals surface area contributed by atoms with E-state index in [1.165, 1.54) is 24.4 Å². The third-order valence-electron chi connectivity index (χ3n) is 5.19. The summed E-state index contributed by atoms with van der Waals surface area (Å²) in [5.41, 5.74) is 0.362. The summed E-state index contributed by atoms with van der Waals surface area (Å²) in [6, 6.07) is 18.8. The van der Waals surface area contributed by atoms with E-state index in [4.69, 9.17) is 4.74 Å². The first kappa shape index (κ1) is 23.8. The van der Waals surface area contributed by atoms with Crippen LogP contribution in [-0.2, 0) is 16.0 Å². The normalized spacial score (nSPS) is 12.3. The van der Waals surface area contributed by atoms with Crippen LogP contribution in [-0.4, -0.2) is 19.2 Å². The van der Waals surface area contributed by atoms with Crippen LogP contribution in [0.4, 0.5) is 13.2 Å². The smallest absolute Gasteiger partial charge is 0.418 e. The van der Waals surface area contributed by atoms with Crippen molar-refractivity contribution in [3.63, 3.8) is 0 Å². The number of para-hydroxylation sites is 1. The van der Waals surface area contributed by atoms with Crippen LogP contribution in [0, 0.1) is 5.92 Å². The predicted molar refractivity (Wildman–Crippen MR) is 126 cm³/mol. The van der Waals surface area contributed by atoms with Gasteiger partial charge in [-0.15, -0.1) is 0 Å². The zero-order valence-corrected chi connectivity index (χ0v) is 19.3. The van der Waals surface area contributed by atoms with Gasteiger partial charge in [-0.05, 0) is 65.6 Å². The monoisotopic (exact) mass is 485 g/mol. The minimum atomic E-state index is -4.51. The summed E-state index contributed by atoms with van der Waals surface area (Å²) < 4.78 is 70.9. The van der Waals surface area contributed by atoms with Gasteiger partial charge in [0.15, 0.2) is 9.84 Å². The van der Waals surface area contributed by atoms with Crippen LogP contribution < -0.4 is 4.74 Å². The van der Waals surface area contributed by atoms with Gasteiger partial charge in [0.1, 0.15) is 11.5 Å². The largest absolute Gasteiger partial charge is 0.457 e. The number of alkyl halides is 3. The lowest BCUT2D eigenvalue weighted by Crippen LogP contribution is -2.11. The molecule has 34 heavy (non-hydrogen) atoms. The maximum atomic E-state index is 13.4. The minimum absolute atomic E-state index is 0.0140. The molecular weight excluding hydrogens is 463 g/mol. The molecule has 0 saturated heterocycles. The molecule has 0 bridgehead atoms. The highest BCUT2D eigenvalue weighted by Gasteiger charge is 2.33. The van der Waals surface area contributed by atoms with Gasteiger partial charge in [0.2, 0.25) is 0 Å². The fraction of sp³-hybridized carbons (Fsp3) is 0.192. The molecule has 1 heterocycles. The molecule has 1 aromatic heterocycles. The quantitative estimate of drug-likeness (QED) is 0.291. The van der Waals surface area contributed by atoms with Crippen molar-refractivity contribution in [2.45, 2.75) is 24.9 Å². The second-order valence-electron chi connectivity index (χ2n) is 8.33. The van der Waals surface area contributed by atoms with Crippen LogP contribution >= 0.6 is 0 Å². The van der Waals surface area contributed by atoms with E-state index in [2.05, 4.69) is 4.98 Å². The molecule has 0 atom stereocenters. The van der Waals surface area contributed by atoms with Crippen molar-refractivity contribution in [2.24, 2.45) is 5.92 Å². The Bertz CT molecular complexity index is 1430. The number of ether oxygens (including phenoxy) is 1.